The number of hydrogen-bond acceptors (Lipinski definition) is 3. The van der Waals surface area contributed by atoms with Crippen LogP contribution in [0.15, 0.2) is 18.2 Å². The van der Waals surface area contributed by atoms with Gasteiger partial charge in [-0.25, -0.2) is 0 Å². The van der Waals surface area contributed by atoms with Crippen LogP contribution >= 0.6 is 23.2 Å². The van der Waals surface area contributed by atoms with Crippen molar-refractivity contribution in [2.24, 2.45) is 5.92 Å². The minimum Gasteiger partial charge on any atom is -0.489 e. The summed E-state index contributed by atoms with van der Waals surface area (Å²) >= 11 is 11.8. The first kappa shape index (κ1) is 15.9. The summed E-state index contributed by atoms with van der Waals surface area (Å²) in [5.74, 6) is 1.43. The lowest BCUT2D eigenvalue weighted by Gasteiger charge is -2.17. The smallest absolute Gasteiger partial charge is 0.138 e. The molecule has 5 heteroatoms. The summed E-state index contributed by atoms with van der Waals surface area (Å²) in [7, 11) is 0. The molecule has 3 nitrogen and oxygen atoms in total. The van der Waals surface area contributed by atoms with Gasteiger partial charge in [-0.15, -0.1) is 0 Å². The molecular weight excluding hydrogens is 297 g/mol. The van der Waals surface area contributed by atoms with Crippen molar-refractivity contribution in [2.45, 2.75) is 38.3 Å². The van der Waals surface area contributed by atoms with E-state index in [2.05, 4.69) is 12.2 Å². The quantitative estimate of drug-likeness (QED) is 0.771. The van der Waals surface area contributed by atoms with E-state index >= 15 is 0 Å². The molecule has 1 aliphatic rings. The largest absolute Gasteiger partial charge is 0.489 e. The van der Waals surface area contributed by atoms with Crippen molar-refractivity contribution in [3.63, 3.8) is 0 Å². The topological polar surface area (TPSA) is 41.5 Å². The summed E-state index contributed by atoms with van der Waals surface area (Å²) in [6.45, 7) is 2.89. The molecule has 20 heavy (non-hydrogen) atoms. The van der Waals surface area contributed by atoms with Gasteiger partial charge in [-0.1, -0.05) is 36.0 Å². The lowest BCUT2D eigenvalue weighted by Crippen LogP contribution is -2.36. The molecule has 0 spiro atoms. The number of hydrogen-bond donors (Lipinski definition) is 2. The Labute approximate surface area is 130 Å². The van der Waals surface area contributed by atoms with E-state index in [0.29, 0.717) is 28.4 Å². The summed E-state index contributed by atoms with van der Waals surface area (Å²) in [6, 6.07) is 5.49. The van der Waals surface area contributed by atoms with Gasteiger partial charge < -0.3 is 15.2 Å². The molecule has 0 aliphatic heterocycles. The molecule has 0 radical (unpaired) electrons. The predicted octanol–water partition coefficient (Wildman–Crippen LogP) is 3.51. The molecule has 112 valence electrons. The van der Waals surface area contributed by atoms with Gasteiger partial charge in [-0.2, -0.15) is 0 Å². The maximum absolute atomic E-state index is 9.90. The van der Waals surface area contributed by atoms with Gasteiger partial charge in [0.1, 0.15) is 18.5 Å². The molecule has 1 aliphatic carbocycles. The minimum atomic E-state index is -0.552. The summed E-state index contributed by atoms with van der Waals surface area (Å²) in [5.41, 5.74) is 0. The van der Waals surface area contributed by atoms with E-state index in [1.54, 1.807) is 18.2 Å². The highest BCUT2D eigenvalue weighted by atomic mass is 35.5. The molecular formula is C15H21Cl2NO2. The molecule has 0 amide bonds. The Balaban J connectivity index is 1.67. The van der Waals surface area contributed by atoms with Gasteiger partial charge in [0, 0.05) is 17.6 Å². The van der Waals surface area contributed by atoms with Crippen LogP contribution in [0, 0.1) is 5.92 Å². The number of nitrogens with one attached hydrogen (secondary N) is 1. The lowest BCUT2D eigenvalue weighted by molar-refractivity contribution is 0.103. The normalized spacial score (nSPS) is 17.8. The highest BCUT2D eigenvalue weighted by molar-refractivity contribution is 6.35. The third-order valence-electron chi connectivity index (χ3n) is 3.41. The molecule has 1 aromatic rings. The van der Waals surface area contributed by atoms with E-state index in [9.17, 15) is 5.11 Å². The van der Waals surface area contributed by atoms with Crippen LogP contribution in [0.5, 0.6) is 5.75 Å². The second kappa shape index (κ2) is 7.51. The van der Waals surface area contributed by atoms with Gasteiger partial charge in [0.2, 0.25) is 0 Å². The number of rotatable bonds is 8. The average Bonchev–Trinajstić information content (AvgIpc) is 3.19. The molecule has 0 heterocycles. The van der Waals surface area contributed by atoms with Crippen LogP contribution in [0.4, 0.5) is 0 Å². The Kier molecular flexibility index (Phi) is 5.97. The van der Waals surface area contributed by atoms with Crippen molar-refractivity contribution in [3.05, 3.63) is 28.2 Å². The molecule has 1 aromatic carbocycles. The Bertz CT molecular complexity index is 438. The van der Waals surface area contributed by atoms with E-state index in [0.717, 1.165) is 5.92 Å². The zero-order valence-electron chi connectivity index (χ0n) is 11.6. The first-order chi connectivity index (χ1) is 9.54. The van der Waals surface area contributed by atoms with Crippen LogP contribution in [0.1, 0.15) is 26.2 Å². The van der Waals surface area contributed by atoms with Gasteiger partial charge in [0.25, 0.3) is 0 Å². The molecule has 2 atom stereocenters. The standard InChI is InChI=1S/C15H21Cl2NO2/c1-10(6-11-2-3-11)18-8-13(19)9-20-15-5-4-12(16)7-14(15)17/h4-5,7,10-11,13,18-19H,2-3,6,8-9H2,1H3. The fraction of sp³-hybridized carbons (Fsp3) is 0.600. The fourth-order valence-corrected chi connectivity index (χ4v) is 2.57. The maximum Gasteiger partial charge on any atom is 0.138 e. The minimum absolute atomic E-state index is 0.213. The highest BCUT2D eigenvalue weighted by Gasteiger charge is 2.23. The van der Waals surface area contributed by atoms with E-state index in [4.69, 9.17) is 27.9 Å². The molecule has 2 rings (SSSR count). The van der Waals surface area contributed by atoms with Gasteiger partial charge in [0.15, 0.2) is 0 Å². The van der Waals surface area contributed by atoms with E-state index in [-0.39, 0.29) is 6.61 Å². The first-order valence-corrected chi connectivity index (χ1v) is 7.79. The van der Waals surface area contributed by atoms with Crippen molar-refractivity contribution in [2.75, 3.05) is 13.2 Å². The third kappa shape index (κ3) is 5.49. The van der Waals surface area contributed by atoms with E-state index in [1.165, 1.54) is 19.3 Å². The lowest BCUT2D eigenvalue weighted by atomic mass is 10.1. The molecule has 2 N–H and O–H groups in total. The van der Waals surface area contributed by atoms with Crippen LogP contribution in [0.3, 0.4) is 0 Å². The Morgan fingerprint density at radius 3 is 2.80 bits per heavy atom. The van der Waals surface area contributed by atoms with Gasteiger partial charge in [-0.05, 0) is 37.5 Å². The third-order valence-corrected chi connectivity index (χ3v) is 3.94. The monoisotopic (exact) mass is 317 g/mol. The maximum atomic E-state index is 9.90. The van der Waals surface area contributed by atoms with Crippen LogP contribution in [-0.4, -0.2) is 30.4 Å². The van der Waals surface area contributed by atoms with Crippen molar-refractivity contribution in [3.8, 4) is 5.75 Å². The number of benzene rings is 1. The summed E-state index contributed by atoms with van der Waals surface area (Å²) < 4.78 is 5.50. The van der Waals surface area contributed by atoms with Gasteiger partial charge in [0.05, 0.1) is 5.02 Å². The summed E-state index contributed by atoms with van der Waals surface area (Å²) in [6.07, 6.45) is 3.35. The number of aliphatic hydroxyl groups excluding tert-OH is 1. The van der Waals surface area contributed by atoms with Gasteiger partial charge >= 0.3 is 0 Å². The first-order valence-electron chi connectivity index (χ1n) is 7.04. The van der Waals surface area contributed by atoms with Crippen LogP contribution < -0.4 is 10.1 Å². The molecule has 0 aromatic heterocycles. The molecule has 0 bridgehead atoms. The average molecular weight is 318 g/mol. The summed E-state index contributed by atoms with van der Waals surface area (Å²) in [4.78, 5) is 0. The Morgan fingerprint density at radius 2 is 2.15 bits per heavy atom. The Hall–Kier alpha value is -0.480. The molecule has 0 saturated heterocycles. The predicted molar refractivity (Wildman–Crippen MR) is 82.8 cm³/mol. The second-order valence-electron chi connectivity index (χ2n) is 5.53. The van der Waals surface area contributed by atoms with Crippen molar-refractivity contribution in [1.29, 1.82) is 0 Å². The van der Waals surface area contributed by atoms with Gasteiger partial charge in [-0.3, -0.25) is 0 Å². The highest BCUT2D eigenvalue weighted by Crippen LogP contribution is 2.33. The van der Waals surface area contributed by atoms with E-state index in [1.807, 2.05) is 0 Å². The van der Waals surface area contributed by atoms with Crippen molar-refractivity contribution >= 4 is 23.2 Å². The second-order valence-corrected chi connectivity index (χ2v) is 6.37. The van der Waals surface area contributed by atoms with E-state index < -0.39 is 6.10 Å². The van der Waals surface area contributed by atoms with Crippen molar-refractivity contribution in [1.82, 2.24) is 5.32 Å². The van der Waals surface area contributed by atoms with Crippen molar-refractivity contribution < 1.29 is 9.84 Å². The van der Waals surface area contributed by atoms with Crippen LogP contribution in [0.2, 0.25) is 10.0 Å². The number of halogens is 2. The summed E-state index contributed by atoms with van der Waals surface area (Å²) in [5, 5.41) is 14.3. The zero-order valence-corrected chi connectivity index (χ0v) is 13.1. The number of aliphatic hydroxyl groups is 1. The SMILES string of the molecule is CC(CC1CC1)NCC(O)COc1ccc(Cl)cc1Cl. The zero-order chi connectivity index (χ0) is 14.5. The fourth-order valence-electron chi connectivity index (χ4n) is 2.11. The van der Waals surface area contributed by atoms with Crippen LogP contribution in [0.25, 0.3) is 0 Å². The molecule has 1 fully saturated rings. The molecule has 1 saturated carbocycles. The number of ether oxygens (including phenoxy) is 1. The molecule has 2 unspecified atom stereocenters. The Morgan fingerprint density at radius 1 is 1.40 bits per heavy atom. The van der Waals surface area contributed by atoms with Crippen LogP contribution in [-0.2, 0) is 0 Å².